The molecular weight excluding hydrogens is 268 g/mol. The fourth-order valence-corrected chi connectivity index (χ4v) is 2.56. The molecule has 120 valence electrons. The summed E-state index contributed by atoms with van der Waals surface area (Å²) in [6.45, 7) is 9.78. The second-order valence-corrected chi connectivity index (χ2v) is 6.80. The molecule has 1 unspecified atom stereocenters. The van der Waals surface area contributed by atoms with Crippen LogP contribution >= 0.6 is 0 Å². The minimum Gasteiger partial charge on any atom is -0.444 e. The molecule has 2 heterocycles. The highest BCUT2D eigenvalue weighted by atomic mass is 16.6. The molecule has 1 saturated heterocycles. The minimum atomic E-state index is -0.427. The zero-order valence-corrected chi connectivity index (χ0v) is 13.5. The van der Waals surface area contributed by atoms with Crippen LogP contribution in [0, 0.1) is 0 Å². The van der Waals surface area contributed by atoms with Crippen molar-refractivity contribution < 1.29 is 14.3 Å². The van der Waals surface area contributed by atoms with Gasteiger partial charge in [0.15, 0.2) is 0 Å². The molecule has 5 heteroatoms. The van der Waals surface area contributed by atoms with Crippen molar-refractivity contribution >= 4 is 6.09 Å². The molecule has 0 bridgehead atoms. The van der Waals surface area contributed by atoms with Gasteiger partial charge in [-0.25, -0.2) is 4.79 Å². The van der Waals surface area contributed by atoms with E-state index in [1.165, 1.54) is 18.4 Å². The number of amides is 1. The standard InChI is InChI=1S/C16H28N2O3/c1-16(2,3)21-15(19)18-8-6-13(7-9-18)11-17-12-14-5-4-10-20-14/h6,14,17H,4-5,7-12H2,1-3H3. The summed E-state index contributed by atoms with van der Waals surface area (Å²) in [4.78, 5) is 13.7. The molecule has 5 nitrogen and oxygen atoms in total. The number of nitrogens with one attached hydrogen (secondary N) is 1. The molecule has 0 spiro atoms. The van der Waals surface area contributed by atoms with Crippen LogP contribution in [0.3, 0.4) is 0 Å². The Morgan fingerprint density at radius 1 is 1.52 bits per heavy atom. The largest absolute Gasteiger partial charge is 0.444 e. The normalized spacial score (nSPS) is 23.1. The van der Waals surface area contributed by atoms with Crippen LogP contribution in [-0.4, -0.2) is 55.5 Å². The van der Waals surface area contributed by atoms with Crippen LogP contribution < -0.4 is 5.32 Å². The highest BCUT2D eigenvalue weighted by molar-refractivity contribution is 5.68. The Kier molecular flexibility index (Phi) is 5.65. The molecule has 2 aliphatic heterocycles. The van der Waals surface area contributed by atoms with Crippen molar-refractivity contribution in [2.45, 2.75) is 51.7 Å². The van der Waals surface area contributed by atoms with E-state index in [2.05, 4.69) is 11.4 Å². The number of carbonyl (C=O) groups excluding carboxylic acids is 1. The second-order valence-electron chi connectivity index (χ2n) is 6.80. The molecule has 0 aromatic carbocycles. The summed E-state index contributed by atoms with van der Waals surface area (Å²) in [5, 5.41) is 3.45. The average Bonchev–Trinajstić information content (AvgIpc) is 2.91. The van der Waals surface area contributed by atoms with Crippen molar-refractivity contribution in [1.82, 2.24) is 10.2 Å². The molecule has 1 atom stereocenters. The van der Waals surface area contributed by atoms with Gasteiger partial charge in [0, 0.05) is 32.8 Å². The van der Waals surface area contributed by atoms with Crippen LogP contribution in [0.25, 0.3) is 0 Å². The first-order chi connectivity index (χ1) is 9.94. The Hall–Kier alpha value is -1.07. The van der Waals surface area contributed by atoms with Gasteiger partial charge in [0.2, 0.25) is 0 Å². The second kappa shape index (κ2) is 7.27. The van der Waals surface area contributed by atoms with E-state index in [-0.39, 0.29) is 6.09 Å². The summed E-state index contributed by atoms with van der Waals surface area (Å²) in [5.74, 6) is 0. The van der Waals surface area contributed by atoms with Crippen LogP contribution in [0.1, 0.15) is 40.0 Å². The van der Waals surface area contributed by atoms with Gasteiger partial charge in [-0.15, -0.1) is 0 Å². The third kappa shape index (κ3) is 5.67. The maximum atomic E-state index is 12.0. The lowest BCUT2D eigenvalue weighted by Crippen LogP contribution is -2.40. The number of rotatable bonds is 4. The molecule has 2 rings (SSSR count). The summed E-state index contributed by atoms with van der Waals surface area (Å²) in [5.41, 5.74) is 0.942. The fraction of sp³-hybridized carbons (Fsp3) is 0.812. The third-order valence-electron chi connectivity index (χ3n) is 3.70. The maximum absolute atomic E-state index is 12.0. The van der Waals surface area contributed by atoms with Gasteiger partial charge in [0.1, 0.15) is 5.60 Å². The fourth-order valence-electron chi connectivity index (χ4n) is 2.56. The van der Waals surface area contributed by atoms with Crippen LogP contribution in [0.2, 0.25) is 0 Å². The molecule has 1 amide bonds. The Bertz CT molecular complexity index is 381. The topological polar surface area (TPSA) is 50.8 Å². The van der Waals surface area contributed by atoms with Crippen LogP contribution in [0.15, 0.2) is 11.6 Å². The summed E-state index contributed by atoms with van der Waals surface area (Å²) >= 11 is 0. The van der Waals surface area contributed by atoms with Crippen molar-refractivity contribution in [1.29, 1.82) is 0 Å². The first-order valence-electron chi connectivity index (χ1n) is 7.92. The summed E-state index contributed by atoms with van der Waals surface area (Å²) in [6.07, 6.45) is 5.56. The first kappa shape index (κ1) is 16.3. The zero-order chi connectivity index (χ0) is 15.3. The lowest BCUT2D eigenvalue weighted by molar-refractivity contribution is 0.0265. The van der Waals surface area contributed by atoms with E-state index in [4.69, 9.17) is 9.47 Å². The molecule has 0 aromatic heterocycles. The molecule has 1 fully saturated rings. The predicted octanol–water partition coefficient (Wildman–Crippen LogP) is 2.32. The van der Waals surface area contributed by atoms with E-state index in [9.17, 15) is 4.79 Å². The molecule has 0 radical (unpaired) electrons. The molecule has 2 aliphatic rings. The molecule has 0 aromatic rings. The Labute approximate surface area is 127 Å². The number of nitrogens with zero attached hydrogens (tertiary/aromatic N) is 1. The highest BCUT2D eigenvalue weighted by Crippen LogP contribution is 2.15. The quantitative estimate of drug-likeness (QED) is 0.809. The lowest BCUT2D eigenvalue weighted by Gasteiger charge is -2.29. The van der Waals surface area contributed by atoms with Crippen LogP contribution in [0.5, 0.6) is 0 Å². The average molecular weight is 296 g/mol. The van der Waals surface area contributed by atoms with Gasteiger partial charge >= 0.3 is 6.09 Å². The van der Waals surface area contributed by atoms with Gasteiger partial charge in [0.25, 0.3) is 0 Å². The zero-order valence-electron chi connectivity index (χ0n) is 13.5. The monoisotopic (exact) mass is 296 g/mol. The number of hydrogen-bond acceptors (Lipinski definition) is 4. The van der Waals surface area contributed by atoms with E-state index >= 15 is 0 Å². The van der Waals surface area contributed by atoms with E-state index in [0.717, 1.165) is 32.7 Å². The molecule has 0 saturated carbocycles. The van der Waals surface area contributed by atoms with E-state index < -0.39 is 5.60 Å². The molecule has 21 heavy (non-hydrogen) atoms. The lowest BCUT2D eigenvalue weighted by atomic mass is 10.1. The number of ether oxygens (including phenoxy) is 2. The van der Waals surface area contributed by atoms with Gasteiger partial charge in [-0.2, -0.15) is 0 Å². The smallest absolute Gasteiger partial charge is 0.410 e. The van der Waals surface area contributed by atoms with Gasteiger partial charge in [-0.05, 0) is 40.0 Å². The van der Waals surface area contributed by atoms with Crippen molar-refractivity contribution in [3.8, 4) is 0 Å². The summed E-state index contributed by atoms with van der Waals surface area (Å²) < 4.78 is 11.0. The maximum Gasteiger partial charge on any atom is 0.410 e. The van der Waals surface area contributed by atoms with E-state index in [0.29, 0.717) is 12.6 Å². The van der Waals surface area contributed by atoms with Gasteiger partial charge in [0.05, 0.1) is 6.10 Å². The Balaban J connectivity index is 1.67. The SMILES string of the molecule is CC(C)(C)OC(=O)N1CC=C(CNCC2CCCO2)CC1. The van der Waals surface area contributed by atoms with E-state index in [1.54, 1.807) is 4.90 Å². The van der Waals surface area contributed by atoms with Crippen molar-refractivity contribution in [2.24, 2.45) is 0 Å². The minimum absolute atomic E-state index is 0.217. The van der Waals surface area contributed by atoms with Crippen LogP contribution in [-0.2, 0) is 9.47 Å². The predicted molar refractivity (Wildman–Crippen MR) is 82.4 cm³/mol. The third-order valence-corrected chi connectivity index (χ3v) is 3.70. The van der Waals surface area contributed by atoms with Crippen molar-refractivity contribution in [2.75, 3.05) is 32.8 Å². The Morgan fingerprint density at radius 2 is 2.33 bits per heavy atom. The summed E-state index contributed by atoms with van der Waals surface area (Å²) in [7, 11) is 0. The number of carbonyl (C=O) groups is 1. The molecule has 0 aliphatic carbocycles. The van der Waals surface area contributed by atoms with Gasteiger partial charge in [-0.3, -0.25) is 0 Å². The first-order valence-corrected chi connectivity index (χ1v) is 7.92. The van der Waals surface area contributed by atoms with E-state index in [1.807, 2.05) is 20.8 Å². The molecule has 1 N–H and O–H groups in total. The van der Waals surface area contributed by atoms with Gasteiger partial charge in [-0.1, -0.05) is 11.6 Å². The van der Waals surface area contributed by atoms with Crippen LogP contribution in [0.4, 0.5) is 4.79 Å². The summed E-state index contributed by atoms with van der Waals surface area (Å²) in [6, 6.07) is 0. The molecular formula is C16H28N2O3. The van der Waals surface area contributed by atoms with Gasteiger partial charge < -0.3 is 19.7 Å². The Morgan fingerprint density at radius 3 is 2.90 bits per heavy atom. The number of hydrogen-bond donors (Lipinski definition) is 1. The van der Waals surface area contributed by atoms with Crippen molar-refractivity contribution in [3.63, 3.8) is 0 Å². The van der Waals surface area contributed by atoms with Crippen molar-refractivity contribution in [3.05, 3.63) is 11.6 Å². The highest BCUT2D eigenvalue weighted by Gasteiger charge is 2.23.